The van der Waals surface area contributed by atoms with E-state index in [9.17, 15) is 14.7 Å². The van der Waals surface area contributed by atoms with Crippen molar-refractivity contribution < 1.29 is 14.7 Å². The number of aliphatic carboxylic acids is 1. The Labute approximate surface area is 121 Å². The minimum Gasteiger partial charge on any atom is -0.481 e. The molecule has 0 aromatic rings. The highest BCUT2D eigenvalue weighted by Crippen LogP contribution is 2.37. The van der Waals surface area contributed by atoms with Gasteiger partial charge in [-0.25, -0.2) is 0 Å². The predicted octanol–water partition coefficient (Wildman–Crippen LogP) is 1.72. The Balaban J connectivity index is 2.56. The normalized spacial score (nSPS) is 23.5. The Morgan fingerprint density at radius 2 is 1.90 bits per heavy atom. The van der Waals surface area contributed by atoms with Gasteiger partial charge in [0.05, 0.1) is 12.0 Å². The lowest BCUT2D eigenvalue weighted by atomic mass is 9.76. The second-order valence-corrected chi connectivity index (χ2v) is 6.16. The first-order chi connectivity index (χ1) is 9.35. The summed E-state index contributed by atoms with van der Waals surface area (Å²) in [7, 11) is 0. The van der Waals surface area contributed by atoms with Gasteiger partial charge in [-0.2, -0.15) is 0 Å². The number of hydrogen-bond donors (Lipinski definition) is 2. The Kier molecular flexibility index (Phi) is 5.99. The molecule has 5 heteroatoms. The van der Waals surface area contributed by atoms with Crippen LogP contribution in [0.1, 0.15) is 47.0 Å². The number of likely N-dealkylation sites (tertiary alicyclic amines) is 1. The maximum atomic E-state index is 12.0. The van der Waals surface area contributed by atoms with Gasteiger partial charge in [0, 0.05) is 12.6 Å². The first kappa shape index (κ1) is 17.0. The van der Waals surface area contributed by atoms with Gasteiger partial charge in [-0.15, -0.1) is 0 Å². The Morgan fingerprint density at radius 1 is 1.30 bits per heavy atom. The van der Waals surface area contributed by atoms with E-state index in [0.29, 0.717) is 26.1 Å². The quantitative estimate of drug-likeness (QED) is 0.747. The number of rotatable bonds is 7. The lowest BCUT2D eigenvalue weighted by Crippen LogP contribution is -2.43. The smallest absolute Gasteiger partial charge is 0.311 e. The van der Waals surface area contributed by atoms with Gasteiger partial charge in [0.25, 0.3) is 0 Å². The number of nitrogens with one attached hydrogen (secondary N) is 1. The van der Waals surface area contributed by atoms with Crippen molar-refractivity contribution in [3.05, 3.63) is 0 Å². The number of hydrogen-bond acceptors (Lipinski definition) is 3. The number of nitrogens with zero attached hydrogens (tertiary/aromatic N) is 1. The molecule has 1 aliphatic rings. The highest BCUT2D eigenvalue weighted by Gasteiger charge is 2.47. The number of carbonyl (C=O) groups excluding carboxylic acids is 1. The van der Waals surface area contributed by atoms with Crippen LogP contribution in [0.3, 0.4) is 0 Å². The summed E-state index contributed by atoms with van der Waals surface area (Å²) in [6, 6.07) is 0.222. The molecule has 0 aromatic carbocycles. The van der Waals surface area contributed by atoms with Crippen molar-refractivity contribution in [2.75, 3.05) is 19.6 Å². The Morgan fingerprint density at radius 3 is 2.30 bits per heavy atom. The largest absolute Gasteiger partial charge is 0.481 e. The molecule has 1 atom stereocenters. The molecule has 1 heterocycles. The van der Waals surface area contributed by atoms with Crippen LogP contribution in [0.4, 0.5) is 0 Å². The summed E-state index contributed by atoms with van der Waals surface area (Å²) in [6.07, 6.45) is 2.47. The summed E-state index contributed by atoms with van der Waals surface area (Å²) < 4.78 is 0. The molecule has 0 spiro atoms. The molecule has 1 amide bonds. The summed E-state index contributed by atoms with van der Waals surface area (Å²) in [5.41, 5.74) is -0.699. The van der Waals surface area contributed by atoms with Crippen LogP contribution in [-0.2, 0) is 9.59 Å². The molecular formula is C15H28N2O3. The highest BCUT2D eigenvalue weighted by molar-refractivity contribution is 5.79. The maximum absolute atomic E-state index is 12.0. The summed E-state index contributed by atoms with van der Waals surface area (Å²) >= 11 is 0. The van der Waals surface area contributed by atoms with Crippen molar-refractivity contribution in [3.8, 4) is 0 Å². The molecule has 1 fully saturated rings. The molecule has 20 heavy (non-hydrogen) atoms. The molecule has 1 saturated heterocycles. The molecule has 5 nitrogen and oxygen atoms in total. The van der Waals surface area contributed by atoms with E-state index in [4.69, 9.17) is 0 Å². The molecule has 116 valence electrons. The minimum absolute atomic E-state index is 0.00337. The van der Waals surface area contributed by atoms with E-state index in [1.165, 1.54) is 0 Å². The van der Waals surface area contributed by atoms with E-state index in [2.05, 4.69) is 19.2 Å². The zero-order chi connectivity index (χ0) is 15.3. The van der Waals surface area contributed by atoms with Gasteiger partial charge in [-0.1, -0.05) is 27.7 Å². The van der Waals surface area contributed by atoms with Crippen LogP contribution < -0.4 is 5.32 Å². The van der Waals surface area contributed by atoms with Crippen LogP contribution in [0.2, 0.25) is 0 Å². The lowest BCUT2D eigenvalue weighted by Gasteiger charge is -2.28. The van der Waals surface area contributed by atoms with Crippen LogP contribution in [0.15, 0.2) is 0 Å². The summed E-state index contributed by atoms with van der Waals surface area (Å²) in [4.78, 5) is 25.5. The van der Waals surface area contributed by atoms with E-state index in [0.717, 1.165) is 12.8 Å². The summed E-state index contributed by atoms with van der Waals surface area (Å²) in [6.45, 7) is 9.45. The molecule has 2 N–H and O–H groups in total. The molecule has 1 unspecified atom stereocenters. The maximum Gasteiger partial charge on any atom is 0.311 e. The number of carbonyl (C=O) groups is 2. The predicted molar refractivity (Wildman–Crippen MR) is 78.5 cm³/mol. The molecule has 0 bridgehead atoms. The molecule has 1 rings (SSSR count). The van der Waals surface area contributed by atoms with E-state index in [1.807, 2.05) is 18.7 Å². The van der Waals surface area contributed by atoms with Crippen LogP contribution in [0.5, 0.6) is 0 Å². The highest BCUT2D eigenvalue weighted by atomic mass is 16.4. The van der Waals surface area contributed by atoms with Crippen molar-refractivity contribution in [2.45, 2.75) is 53.0 Å². The molecule has 0 aliphatic carbocycles. The third kappa shape index (κ3) is 3.72. The van der Waals surface area contributed by atoms with Crippen LogP contribution in [-0.4, -0.2) is 47.6 Å². The molecular weight excluding hydrogens is 256 g/mol. The van der Waals surface area contributed by atoms with Gasteiger partial charge < -0.3 is 10.4 Å². The van der Waals surface area contributed by atoms with Crippen molar-refractivity contribution in [1.29, 1.82) is 0 Å². The van der Waals surface area contributed by atoms with E-state index < -0.39 is 11.4 Å². The Hall–Kier alpha value is -1.10. The molecule has 0 saturated carbocycles. The first-order valence-electron chi connectivity index (χ1n) is 7.60. The Bertz CT molecular complexity index is 353. The average Bonchev–Trinajstić information content (AvgIpc) is 2.81. The van der Waals surface area contributed by atoms with Gasteiger partial charge in [0.15, 0.2) is 0 Å². The van der Waals surface area contributed by atoms with Crippen molar-refractivity contribution in [3.63, 3.8) is 0 Å². The fraction of sp³-hybridized carbons (Fsp3) is 0.867. The van der Waals surface area contributed by atoms with Crippen molar-refractivity contribution in [1.82, 2.24) is 10.2 Å². The second kappa shape index (κ2) is 7.07. The van der Waals surface area contributed by atoms with E-state index in [1.54, 1.807) is 0 Å². The number of carboxylic acids is 1. The van der Waals surface area contributed by atoms with Crippen molar-refractivity contribution in [2.24, 2.45) is 11.3 Å². The third-order valence-corrected chi connectivity index (χ3v) is 4.63. The molecule has 1 aliphatic heterocycles. The van der Waals surface area contributed by atoms with Gasteiger partial charge in [-0.3, -0.25) is 14.5 Å². The SMILES string of the molecule is CCC(CC)NC(=O)CN1CCC(C(=O)O)(C(C)C)C1. The van der Waals surface area contributed by atoms with Gasteiger partial charge in [-0.05, 0) is 31.7 Å². The zero-order valence-electron chi connectivity index (χ0n) is 13.1. The minimum atomic E-state index is -0.740. The van der Waals surface area contributed by atoms with Crippen LogP contribution >= 0.6 is 0 Å². The monoisotopic (exact) mass is 284 g/mol. The molecule has 0 radical (unpaired) electrons. The third-order valence-electron chi connectivity index (χ3n) is 4.63. The fourth-order valence-electron chi connectivity index (χ4n) is 2.91. The average molecular weight is 284 g/mol. The van der Waals surface area contributed by atoms with Crippen LogP contribution in [0.25, 0.3) is 0 Å². The lowest BCUT2D eigenvalue weighted by molar-refractivity contribution is -0.151. The first-order valence-corrected chi connectivity index (χ1v) is 7.60. The standard InChI is InChI=1S/C15H28N2O3/c1-5-12(6-2)16-13(18)9-17-8-7-15(10-17,11(3)4)14(19)20/h11-12H,5-10H2,1-4H3,(H,16,18)(H,19,20). The van der Waals surface area contributed by atoms with Crippen molar-refractivity contribution >= 4 is 11.9 Å². The van der Waals surface area contributed by atoms with E-state index in [-0.39, 0.29) is 17.9 Å². The molecule has 0 aromatic heterocycles. The summed E-state index contributed by atoms with van der Waals surface area (Å²) in [5, 5.41) is 12.5. The fourth-order valence-corrected chi connectivity index (χ4v) is 2.91. The van der Waals surface area contributed by atoms with Crippen LogP contribution in [0, 0.1) is 11.3 Å². The second-order valence-electron chi connectivity index (χ2n) is 6.16. The topological polar surface area (TPSA) is 69.6 Å². The summed E-state index contributed by atoms with van der Waals surface area (Å²) in [5.74, 6) is -0.661. The number of carboxylic acid groups (broad SMARTS) is 1. The van der Waals surface area contributed by atoms with E-state index >= 15 is 0 Å². The zero-order valence-corrected chi connectivity index (χ0v) is 13.1. The number of amides is 1. The van der Waals surface area contributed by atoms with Gasteiger partial charge >= 0.3 is 5.97 Å². The van der Waals surface area contributed by atoms with Gasteiger partial charge in [0.1, 0.15) is 0 Å². The van der Waals surface area contributed by atoms with Gasteiger partial charge in [0.2, 0.25) is 5.91 Å².